The van der Waals surface area contributed by atoms with Gasteiger partial charge in [-0.2, -0.15) is 0 Å². The van der Waals surface area contributed by atoms with Crippen LogP contribution in [0.2, 0.25) is 0 Å². The lowest BCUT2D eigenvalue weighted by Crippen LogP contribution is -2.56. The lowest BCUT2D eigenvalue weighted by atomic mass is 10.1. The standard InChI is InChI=1S/C14H23N3O2S/c1-5-19-14(18)12-8-15-6-7-17(12)9(2)13-10(3)20-11(4)16-13/h9,12,15H,5-8H2,1-4H3. The maximum Gasteiger partial charge on any atom is 0.324 e. The number of carbonyl (C=O) groups excluding carboxylic acids is 1. The molecular weight excluding hydrogens is 274 g/mol. The number of aryl methyl sites for hydroxylation is 2. The van der Waals surface area contributed by atoms with Crippen molar-refractivity contribution in [1.82, 2.24) is 15.2 Å². The van der Waals surface area contributed by atoms with Crippen molar-refractivity contribution in [3.63, 3.8) is 0 Å². The van der Waals surface area contributed by atoms with Gasteiger partial charge < -0.3 is 10.1 Å². The van der Waals surface area contributed by atoms with Crippen LogP contribution in [0, 0.1) is 13.8 Å². The van der Waals surface area contributed by atoms with Gasteiger partial charge in [0.25, 0.3) is 0 Å². The highest BCUT2D eigenvalue weighted by Crippen LogP contribution is 2.28. The van der Waals surface area contributed by atoms with Gasteiger partial charge in [-0.15, -0.1) is 11.3 Å². The number of ether oxygens (including phenoxy) is 1. The first-order valence-corrected chi connectivity index (χ1v) is 7.93. The molecule has 1 aromatic heterocycles. The van der Waals surface area contributed by atoms with Gasteiger partial charge in [-0.25, -0.2) is 4.98 Å². The fraction of sp³-hybridized carbons (Fsp3) is 0.714. The number of esters is 1. The molecule has 2 atom stereocenters. The van der Waals surface area contributed by atoms with E-state index in [0.29, 0.717) is 13.2 Å². The van der Waals surface area contributed by atoms with Crippen molar-refractivity contribution in [1.29, 1.82) is 0 Å². The molecule has 0 amide bonds. The van der Waals surface area contributed by atoms with E-state index in [1.807, 2.05) is 13.8 Å². The SMILES string of the molecule is CCOC(=O)C1CNCCN1C(C)c1nc(C)sc1C. The second kappa shape index (κ2) is 6.65. The summed E-state index contributed by atoms with van der Waals surface area (Å²) in [4.78, 5) is 20.2. The third kappa shape index (κ3) is 3.19. The third-order valence-corrected chi connectivity index (χ3v) is 4.58. The molecule has 2 rings (SSSR count). The summed E-state index contributed by atoms with van der Waals surface area (Å²) in [6.07, 6.45) is 0. The minimum absolute atomic E-state index is 0.136. The summed E-state index contributed by atoms with van der Waals surface area (Å²) in [6, 6.07) is -0.0865. The van der Waals surface area contributed by atoms with E-state index < -0.39 is 0 Å². The van der Waals surface area contributed by atoms with Crippen LogP contribution in [0.15, 0.2) is 0 Å². The molecular formula is C14H23N3O2S. The molecule has 1 fully saturated rings. The minimum atomic E-state index is -0.222. The number of hydrogen-bond donors (Lipinski definition) is 1. The Labute approximate surface area is 124 Å². The van der Waals surface area contributed by atoms with Crippen LogP contribution >= 0.6 is 11.3 Å². The number of rotatable bonds is 4. The Morgan fingerprint density at radius 3 is 2.95 bits per heavy atom. The van der Waals surface area contributed by atoms with Gasteiger partial charge in [0, 0.05) is 24.5 Å². The molecule has 1 aromatic rings. The van der Waals surface area contributed by atoms with Crippen LogP contribution in [0.4, 0.5) is 0 Å². The quantitative estimate of drug-likeness (QED) is 0.857. The Bertz CT molecular complexity index is 475. The molecule has 0 saturated carbocycles. The number of nitrogens with one attached hydrogen (secondary N) is 1. The molecule has 112 valence electrons. The first-order chi connectivity index (χ1) is 9.54. The van der Waals surface area contributed by atoms with Crippen LogP contribution in [-0.2, 0) is 9.53 Å². The molecule has 6 heteroatoms. The molecule has 0 aromatic carbocycles. The molecule has 1 saturated heterocycles. The number of hydrogen-bond acceptors (Lipinski definition) is 6. The van der Waals surface area contributed by atoms with Crippen molar-refractivity contribution in [2.75, 3.05) is 26.2 Å². The highest BCUT2D eigenvalue weighted by atomic mass is 32.1. The zero-order chi connectivity index (χ0) is 14.7. The Morgan fingerprint density at radius 2 is 2.35 bits per heavy atom. The lowest BCUT2D eigenvalue weighted by molar-refractivity contribution is -0.151. The highest BCUT2D eigenvalue weighted by molar-refractivity contribution is 7.11. The molecule has 0 spiro atoms. The topological polar surface area (TPSA) is 54.5 Å². The fourth-order valence-corrected chi connectivity index (χ4v) is 3.64. The van der Waals surface area contributed by atoms with E-state index in [4.69, 9.17) is 4.74 Å². The molecule has 1 N–H and O–H groups in total. The third-order valence-electron chi connectivity index (χ3n) is 3.68. The van der Waals surface area contributed by atoms with E-state index in [-0.39, 0.29) is 18.1 Å². The maximum atomic E-state index is 12.1. The van der Waals surface area contributed by atoms with Crippen LogP contribution in [-0.4, -0.2) is 48.1 Å². The highest BCUT2D eigenvalue weighted by Gasteiger charge is 2.34. The Balaban J connectivity index is 2.19. The van der Waals surface area contributed by atoms with E-state index in [1.54, 1.807) is 11.3 Å². The smallest absolute Gasteiger partial charge is 0.324 e. The van der Waals surface area contributed by atoms with Gasteiger partial charge in [0.15, 0.2) is 0 Å². The Kier molecular flexibility index (Phi) is 5.12. The van der Waals surface area contributed by atoms with E-state index in [1.165, 1.54) is 4.88 Å². The average Bonchev–Trinajstić information content (AvgIpc) is 2.77. The predicted molar refractivity (Wildman–Crippen MR) is 80.0 cm³/mol. The van der Waals surface area contributed by atoms with Gasteiger partial charge in [-0.3, -0.25) is 9.69 Å². The van der Waals surface area contributed by atoms with E-state index in [2.05, 4.69) is 29.0 Å². The zero-order valence-electron chi connectivity index (χ0n) is 12.6. The van der Waals surface area contributed by atoms with E-state index >= 15 is 0 Å². The van der Waals surface area contributed by atoms with E-state index in [0.717, 1.165) is 23.8 Å². The lowest BCUT2D eigenvalue weighted by Gasteiger charge is -2.38. The van der Waals surface area contributed by atoms with Gasteiger partial charge in [0.05, 0.1) is 23.4 Å². The molecule has 0 aliphatic carbocycles. The molecule has 2 heterocycles. The largest absolute Gasteiger partial charge is 0.465 e. The molecule has 1 aliphatic heterocycles. The summed E-state index contributed by atoms with van der Waals surface area (Å²) in [6.45, 7) is 10.9. The van der Waals surface area contributed by atoms with Gasteiger partial charge >= 0.3 is 5.97 Å². The van der Waals surface area contributed by atoms with Gasteiger partial charge in [-0.1, -0.05) is 0 Å². The first kappa shape index (κ1) is 15.4. The average molecular weight is 297 g/mol. The van der Waals surface area contributed by atoms with Crippen molar-refractivity contribution in [3.8, 4) is 0 Å². The van der Waals surface area contributed by atoms with Crippen molar-refractivity contribution < 1.29 is 9.53 Å². The molecule has 1 aliphatic rings. The number of aromatic nitrogens is 1. The van der Waals surface area contributed by atoms with Crippen LogP contribution < -0.4 is 5.32 Å². The van der Waals surface area contributed by atoms with Crippen molar-refractivity contribution in [2.45, 2.75) is 39.8 Å². The summed E-state index contributed by atoms with van der Waals surface area (Å²) in [5, 5.41) is 4.35. The monoisotopic (exact) mass is 297 g/mol. The summed E-state index contributed by atoms with van der Waals surface area (Å²) >= 11 is 1.71. The normalized spacial score (nSPS) is 21.7. The van der Waals surface area contributed by atoms with Crippen LogP contribution in [0.1, 0.15) is 35.5 Å². The van der Waals surface area contributed by atoms with Crippen molar-refractivity contribution >= 4 is 17.3 Å². The summed E-state index contributed by atoms with van der Waals surface area (Å²) in [5.74, 6) is -0.142. The Morgan fingerprint density at radius 1 is 1.60 bits per heavy atom. The van der Waals surface area contributed by atoms with Crippen molar-refractivity contribution in [3.05, 3.63) is 15.6 Å². The molecule has 2 unspecified atom stereocenters. The van der Waals surface area contributed by atoms with E-state index in [9.17, 15) is 4.79 Å². The first-order valence-electron chi connectivity index (χ1n) is 7.11. The van der Waals surface area contributed by atoms with Gasteiger partial charge in [0.2, 0.25) is 0 Å². The number of carbonyl (C=O) groups is 1. The molecule has 0 bridgehead atoms. The van der Waals surface area contributed by atoms with Crippen LogP contribution in [0.5, 0.6) is 0 Å². The minimum Gasteiger partial charge on any atom is -0.465 e. The predicted octanol–water partition coefficient (Wildman–Crippen LogP) is 1.66. The Hall–Kier alpha value is -0.980. The second-order valence-corrected chi connectivity index (χ2v) is 6.47. The number of piperazine rings is 1. The van der Waals surface area contributed by atoms with Crippen LogP contribution in [0.25, 0.3) is 0 Å². The summed E-state index contributed by atoms with van der Waals surface area (Å²) < 4.78 is 5.19. The molecule has 5 nitrogen and oxygen atoms in total. The zero-order valence-corrected chi connectivity index (χ0v) is 13.4. The van der Waals surface area contributed by atoms with Crippen LogP contribution in [0.3, 0.4) is 0 Å². The van der Waals surface area contributed by atoms with Crippen molar-refractivity contribution in [2.24, 2.45) is 0 Å². The number of nitrogens with zero attached hydrogens (tertiary/aromatic N) is 2. The molecule has 20 heavy (non-hydrogen) atoms. The summed E-state index contributed by atoms with van der Waals surface area (Å²) in [5.41, 5.74) is 1.09. The fourth-order valence-electron chi connectivity index (χ4n) is 2.73. The number of thiazole rings is 1. The molecule has 0 radical (unpaired) electrons. The maximum absolute atomic E-state index is 12.1. The summed E-state index contributed by atoms with van der Waals surface area (Å²) in [7, 11) is 0. The van der Waals surface area contributed by atoms with Gasteiger partial charge in [0.1, 0.15) is 6.04 Å². The van der Waals surface area contributed by atoms with Gasteiger partial charge in [-0.05, 0) is 27.7 Å². The second-order valence-electron chi connectivity index (χ2n) is 5.06.